The Labute approximate surface area is 121 Å². The largest absolute Gasteiger partial charge is 0.382 e. The molecule has 0 radical (unpaired) electrons. The Balaban J connectivity index is 1.78. The molecule has 0 bridgehead atoms. The molecule has 0 aromatic heterocycles. The SMILES string of the molecule is CCCc1ccc(NC2CCC(CC(N)=O)CC2)cc1. The van der Waals surface area contributed by atoms with Crippen LogP contribution in [0.2, 0.25) is 0 Å². The maximum Gasteiger partial charge on any atom is 0.217 e. The fourth-order valence-corrected chi connectivity index (χ4v) is 3.09. The number of primary amides is 1. The summed E-state index contributed by atoms with van der Waals surface area (Å²) in [6.45, 7) is 2.21. The highest BCUT2D eigenvalue weighted by molar-refractivity contribution is 5.74. The molecule has 110 valence electrons. The number of hydrogen-bond acceptors (Lipinski definition) is 2. The van der Waals surface area contributed by atoms with Crippen LogP contribution in [0, 0.1) is 5.92 Å². The third kappa shape index (κ3) is 4.55. The lowest BCUT2D eigenvalue weighted by Gasteiger charge is -2.29. The van der Waals surface area contributed by atoms with Gasteiger partial charge in [0.2, 0.25) is 5.91 Å². The molecule has 3 N–H and O–H groups in total. The summed E-state index contributed by atoms with van der Waals surface area (Å²) in [5.41, 5.74) is 7.88. The van der Waals surface area contributed by atoms with Gasteiger partial charge >= 0.3 is 0 Å². The molecular weight excluding hydrogens is 248 g/mol. The molecule has 0 atom stereocenters. The molecule has 0 saturated heterocycles. The molecule has 0 spiro atoms. The van der Waals surface area contributed by atoms with E-state index in [2.05, 4.69) is 36.5 Å². The number of carbonyl (C=O) groups excluding carboxylic acids is 1. The molecule has 2 rings (SSSR count). The lowest BCUT2D eigenvalue weighted by atomic mass is 9.84. The van der Waals surface area contributed by atoms with E-state index in [1.165, 1.54) is 17.7 Å². The van der Waals surface area contributed by atoms with Gasteiger partial charge in [-0.15, -0.1) is 0 Å². The van der Waals surface area contributed by atoms with Gasteiger partial charge in [-0.1, -0.05) is 25.5 Å². The molecule has 1 saturated carbocycles. The van der Waals surface area contributed by atoms with Crippen LogP contribution >= 0.6 is 0 Å². The molecule has 1 aliphatic carbocycles. The van der Waals surface area contributed by atoms with Crippen LogP contribution in [0.1, 0.15) is 51.0 Å². The molecule has 1 aromatic carbocycles. The Bertz CT molecular complexity index is 419. The number of rotatable bonds is 6. The van der Waals surface area contributed by atoms with Gasteiger partial charge in [-0.05, 0) is 55.7 Å². The first-order valence-electron chi connectivity index (χ1n) is 7.81. The molecule has 0 aliphatic heterocycles. The lowest BCUT2D eigenvalue weighted by Crippen LogP contribution is -2.28. The summed E-state index contributed by atoms with van der Waals surface area (Å²) >= 11 is 0. The maximum atomic E-state index is 10.9. The quantitative estimate of drug-likeness (QED) is 0.834. The Morgan fingerprint density at radius 3 is 2.40 bits per heavy atom. The van der Waals surface area contributed by atoms with Gasteiger partial charge in [0.25, 0.3) is 0 Å². The zero-order valence-electron chi connectivity index (χ0n) is 12.4. The van der Waals surface area contributed by atoms with Crippen LogP contribution < -0.4 is 11.1 Å². The van der Waals surface area contributed by atoms with Crippen LogP contribution in [0.15, 0.2) is 24.3 Å². The Morgan fingerprint density at radius 1 is 1.20 bits per heavy atom. The third-order valence-electron chi connectivity index (χ3n) is 4.20. The second-order valence-corrected chi connectivity index (χ2v) is 5.98. The van der Waals surface area contributed by atoms with Crippen LogP contribution in [0.25, 0.3) is 0 Å². The van der Waals surface area contributed by atoms with E-state index < -0.39 is 0 Å². The summed E-state index contributed by atoms with van der Waals surface area (Å²) < 4.78 is 0. The van der Waals surface area contributed by atoms with Crippen molar-refractivity contribution in [2.75, 3.05) is 5.32 Å². The molecule has 1 fully saturated rings. The monoisotopic (exact) mass is 274 g/mol. The molecule has 3 heteroatoms. The Morgan fingerprint density at radius 2 is 1.85 bits per heavy atom. The summed E-state index contributed by atoms with van der Waals surface area (Å²) in [5, 5.41) is 3.61. The average molecular weight is 274 g/mol. The van der Waals surface area contributed by atoms with Gasteiger partial charge < -0.3 is 11.1 Å². The van der Waals surface area contributed by atoms with Crippen molar-refractivity contribution in [3.63, 3.8) is 0 Å². The fourth-order valence-electron chi connectivity index (χ4n) is 3.09. The van der Waals surface area contributed by atoms with Crippen molar-refractivity contribution < 1.29 is 4.79 Å². The fraction of sp³-hybridized carbons (Fsp3) is 0.588. The van der Waals surface area contributed by atoms with Crippen LogP contribution in [0.5, 0.6) is 0 Å². The van der Waals surface area contributed by atoms with Crippen LogP contribution in [-0.4, -0.2) is 11.9 Å². The van der Waals surface area contributed by atoms with Crippen molar-refractivity contribution in [2.45, 2.75) is 57.9 Å². The van der Waals surface area contributed by atoms with Crippen molar-refractivity contribution in [1.29, 1.82) is 0 Å². The van der Waals surface area contributed by atoms with Gasteiger partial charge in [0.05, 0.1) is 0 Å². The summed E-state index contributed by atoms with van der Waals surface area (Å²) in [7, 11) is 0. The first kappa shape index (κ1) is 14.9. The third-order valence-corrected chi connectivity index (χ3v) is 4.20. The van der Waals surface area contributed by atoms with Crippen molar-refractivity contribution in [3.8, 4) is 0 Å². The summed E-state index contributed by atoms with van der Waals surface area (Å²) in [6.07, 6.45) is 7.37. The average Bonchev–Trinajstić information content (AvgIpc) is 2.43. The predicted octanol–water partition coefficient (Wildman–Crippen LogP) is 3.49. The van der Waals surface area contributed by atoms with E-state index in [9.17, 15) is 4.79 Å². The second-order valence-electron chi connectivity index (χ2n) is 5.98. The molecule has 0 unspecified atom stereocenters. The Hall–Kier alpha value is -1.51. The minimum atomic E-state index is -0.159. The van der Waals surface area contributed by atoms with Crippen molar-refractivity contribution in [1.82, 2.24) is 0 Å². The topological polar surface area (TPSA) is 55.1 Å². The molecular formula is C17H26N2O. The van der Waals surface area contributed by atoms with E-state index >= 15 is 0 Å². The molecule has 3 nitrogen and oxygen atoms in total. The zero-order chi connectivity index (χ0) is 14.4. The smallest absolute Gasteiger partial charge is 0.217 e. The minimum absolute atomic E-state index is 0.159. The summed E-state index contributed by atoms with van der Waals surface area (Å²) in [6, 6.07) is 9.33. The number of amides is 1. The van der Waals surface area contributed by atoms with Crippen molar-refractivity contribution in [3.05, 3.63) is 29.8 Å². The molecule has 1 aliphatic rings. The first-order chi connectivity index (χ1) is 9.67. The first-order valence-corrected chi connectivity index (χ1v) is 7.81. The number of anilines is 1. The number of hydrogen-bond donors (Lipinski definition) is 2. The summed E-state index contributed by atoms with van der Waals surface area (Å²) in [5.74, 6) is 0.338. The minimum Gasteiger partial charge on any atom is -0.382 e. The van der Waals surface area contributed by atoms with E-state index in [1.54, 1.807) is 0 Å². The lowest BCUT2D eigenvalue weighted by molar-refractivity contribution is -0.119. The normalized spacial score (nSPS) is 22.4. The number of benzene rings is 1. The number of nitrogens with one attached hydrogen (secondary N) is 1. The molecule has 0 heterocycles. The van der Waals surface area contributed by atoms with Gasteiger partial charge in [0.1, 0.15) is 0 Å². The van der Waals surface area contributed by atoms with E-state index in [-0.39, 0.29) is 5.91 Å². The van der Waals surface area contributed by atoms with Gasteiger partial charge in [-0.25, -0.2) is 0 Å². The van der Waals surface area contributed by atoms with Gasteiger partial charge in [-0.2, -0.15) is 0 Å². The van der Waals surface area contributed by atoms with E-state index in [1.807, 2.05) is 0 Å². The van der Waals surface area contributed by atoms with Crippen LogP contribution in [-0.2, 0) is 11.2 Å². The van der Waals surface area contributed by atoms with Crippen LogP contribution in [0.4, 0.5) is 5.69 Å². The van der Waals surface area contributed by atoms with E-state index in [4.69, 9.17) is 5.73 Å². The van der Waals surface area contributed by atoms with E-state index in [0.29, 0.717) is 18.4 Å². The van der Waals surface area contributed by atoms with Crippen molar-refractivity contribution >= 4 is 11.6 Å². The number of aryl methyl sites for hydroxylation is 1. The summed E-state index contributed by atoms with van der Waals surface area (Å²) in [4.78, 5) is 10.9. The van der Waals surface area contributed by atoms with Crippen LogP contribution in [0.3, 0.4) is 0 Å². The highest BCUT2D eigenvalue weighted by Crippen LogP contribution is 2.28. The Kier molecular flexibility index (Phi) is 5.45. The predicted molar refractivity (Wildman–Crippen MR) is 83.6 cm³/mol. The maximum absolute atomic E-state index is 10.9. The number of nitrogens with two attached hydrogens (primary N) is 1. The highest BCUT2D eigenvalue weighted by Gasteiger charge is 2.22. The molecule has 1 aromatic rings. The number of carbonyl (C=O) groups is 1. The van der Waals surface area contributed by atoms with Gasteiger partial charge in [-0.3, -0.25) is 4.79 Å². The highest BCUT2D eigenvalue weighted by atomic mass is 16.1. The zero-order valence-corrected chi connectivity index (χ0v) is 12.4. The van der Waals surface area contributed by atoms with E-state index in [0.717, 1.165) is 32.1 Å². The second kappa shape index (κ2) is 7.32. The van der Waals surface area contributed by atoms with Gasteiger partial charge in [0, 0.05) is 18.2 Å². The molecule has 20 heavy (non-hydrogen) atoms. The molecule has 1 amide bonds. The van der Waals surface area contributed by atoms with Crippen molar-refractivity contribution in [2.24, 2.45) is 11.7 Å². The van der Waals surface area contributed by atoms with Gasteiger partial charge in [0.15, 0.2) is 0 Å². The standard InChI is InChI=1S/C17H26N2O/c1-2-3-13-4-8-15(9-5-13)19-16-10-6-14(7-11-16)12-17(18)20/h4-5,8-9,14,16,19H,2-3,6-7,10-12H2,1H3,(H2,18,20).